The summed E-state index contributed by atoms with van der Waals surface area (Å²) < 4.78 is 11.4. The molecule has 0 radical (unpaired) electrons. The Labute approximate surface area is 176 Å². The van der Waals surface area contributed by atoms with Crippen LogP contribution in [0.4, 0.5) is 5.69 Å². The number of amides is 1. The molecule has 0 aliphatic carbocycles. The van der Waals surface area contributed by atoms with Crippen LogP contribution < -0.4 is 19.4 Å². The maximum Gasteiger partial charge on any atom is 0.254 e. The zero-order chi connectivity index (χ0) is 20.8. The van der Waals surface area contributed by atoms with Crippen molar-refractivity contribution in [3.05, 3.63) is 84.2 Å². The van der Waals surface area contributed by atoms with Gasteiger partial charge in [-0.25, -0.2) is 4.98 Å². The predicted molar refractivity (Wildman–Crippen MR) is 115 cm³/mol. The number of rotatable bonds is 6. The summed E-state index contributed by atoms with van der Waals surface area (Å²) in [5.74, 6) is 1.21. The minimum absolute atomic E-state index is 0.0176. The van der Waals surface area contributed by atoms with Crippen LogP contribution in [0, 0.1) is 0 Å². The van der Waals surface area contributed by atoms with Gasteiger partial charge >= 0.3 is 0 Å². The van der Waals surface area contributed by atoms with Gasteiger partial charge in [0.1, 0.15) is 6.61 Å². The lowest BCUT2D eigenvalue weighted by Crippen LogP contribution is -2.48. The van der Waals surface area contributed by atoms with E-state index in [-0.39, 0.29) is 5.91 Å². The number of anilines is 1. The average Bonchev–Trinajstić information content (AvgIpc) is 2.83. The normalized spacial score (nSPS) is 13.8. The molecule has 1 aliphatic heterocycles. The molecule has 1 fully saturated rings. The fourth-order valence-corrected chi connectivity index (χ4v) is 3.59. The van der Waals surface area contributed by atoms with Gasteiger partial charge in [0.25, 0.3) is 5.91 Å². The Kier molecular flexibility index (Phi) is 6.13. The third kappa shape index (κ3) is 4.54. The lowest BCUT2D eigenvalue weighted by atomic mass is 10.1. The highest BCUT2D eigenvalue weighted by molar-refractivity contribution is 5.95. The number of pyridine rings is 1. The first-order valence-electron chi connectivity index (χ1n) is 10.1. The monoisotopic (exact) mass is 404 g/mol. The number of carbonyl (C=O) groups is 1. The summed E-state index contributed by atoms with van der Waals surface area (Å²) in [6.45, 7) is 3.44. The summed E-state index contributed by atoms with van der Waals surface area (Å²) in [6.07, 6.45) is 3.83. The van der Waals surface area contributed by atoms with Gasteiger partial charge in [-0.2, -0.15) is 0 Å². The van der Waals surface area contributed by atoms with Crippen molar-refractivity contribution in [1.29, 1.82) is 0 Å². The van der Waals surface area contributed by atoms with Gasteiger partial charge in [-0.3, -0.25) is 4.79 Å². The molecule has 0 atom stereocenters. The van der Waals surface area contributed by atoms with Gasteiger partial charge in [0, 0.05) is 49.6 Å². The predicted octanol–water partition coefficient (Wildman–Crippen LogP) is 3.05. The molecule has 1 saturated heterocycles. The molecule has 6 heteroatoms. The highest BCUT2D eigenvalue weighted by Gasteiger charge is 2.23. The van der Waals surface area contributed by atoms with Gasteiger partial charge < -0.3 is 19.3 Å². The van der Waals surface area contributed by atoms with Gasteiger partial charge in [-0.05, 0) is 23.8 Å². The summed E-state index contributed by atoms with van der Waals surface area (Å²) in [5, 5.41) is 0. The Morgan fingerprint density at radius 3 is 2.37 bits per heavy atom. The lowest BCUT2D eigenvalue weighted by Gasteiger charge is -2.35. The van der Waals surface area contributed by atoms with E-state index in [9.17, 15) is 4.79 Å². The second-order valence-electron chi connectivity index (χ2n) is 7.18. The molecule has 1 N–H and O–H groups in total. The van der Waals surface area contributed by atoms with E-state index in [4.69, 9.17) is 9.47 Å². The second-order valence-corrected chi connectivity index (χ2v) is 7.18. The maximum atomic E-state index is 13.0. The highest BCUT2D eigenvalue weighted by atomic mass is 16.5. The molecule has 1 amide bonds. The molecular formula is C24H26N3O3+. The number of ether oxygens (including phenoxy) is 2. The van der Waals surface area contributed by atoms with Crippen molar-refractivity contribution in [3.63, 3.8) is 0 Å². The smallest absolute Gasteiger partial charge is 0.254 e. The molecule has 2 aromatic carbocycles. The van der Waals surface area contributed by atoms with Crippen LogP contribution in [0.3, 0.4) is 0 Å². The molecule has 0 saturated carbocycles. The van der Waals surface area contributed by atoms with Crippen molar-refractivity contribution in [1.82, 2.24) is 4.90 Å². The molecule has 1 aromatic heterocycles. The molecule has 0 spiro atoms. The van der Waals surface area contributed by atoms with E-state index in [1.807, 2.05) is 59.8 Å². The number of nitrogens with one attached hydrogen (secondary N) is 1. The molecule has 0 bridgehead atoms. The Morgan fingerprint density at radius 1 is 0.933 bits per heavy atom. The number of methoxy groups -OCH3 is 1. The topological polar surface area (TPSA) is 56.2 Å². The fraction of sp³-hybridized carbons (Fsp3) is 0.250. The summed E-state index contributed by atoms with van der Waals surface area (Å²) in [6, 6.07) is 19.4. The third-order valence-corrected chi connectivity index (χ3v) is 5.28. The van der Waals surface area contributed by atoms with Crippen LogP contribution in [-0.2, 0) is 6.61 Å². The zero-order valence-electron chi connectivity index (χ0n) is 17.1. The fourth-order valence-electron chi connectivity index (χ4n) is 3.59. The summed E-state index contributed by atoms with van der Waals surface area (Å²) in [7, 11) is 1.59. The first-order chi connectivity index (χ1) is 14.7. The molecule has 4 rings (SSSR count). The largest absolute Gasteiger partial charge is 0.493 e. The number of hydrogen-bond acceptors (Lipinski definition) is 4. The highest BCUT2D eigenvalue weighted by Crippen LogP contribution is 2.29. The number of piperazine rings is 1. The lowest BCUT2D eigenvalue weighted by molar-refractivity contribution is -0.377. The molecule has 1 aliphatic rings. The first kappa shape index (κ1) is 19.8. The van der Waals surface area contributed by atoms with E-state index >= 15 is 0 Å². The van der Waals surface area contributed by atoms with Crippen molar-refractivity contribution in [2.75, 3.05) is 38.2 Å². The maximum absolute atomic E-state index is 13.0. The van der Waals surface area contributed by atoms with Crippen molar-refractivity contribution in [3.8, 4) is 11.5 Å². The Morgan fingerprint density at radius 2 is 1.67 bits per heavy atom. The standard InChI is InChI=1S/C24H25N3O3/c1-29-23-17-20(7-8-22(23)30-18-19-5-3-2-4-6-19)24(28)27-15-13-26(14-16-27)21-9-11-25-12-10-21/h2-12,17H,13-16,18H2,1H3/p+1. The van der Waals surface area contributed by atoms with E-state index in [1.54, 1.807) is 13.2 Å². The van der Waals surface area contributed by atoms with E-state index in [0.29, 0.717) is 36.8 Å². The Hall–Kier alpha value is -3.54. The van der Waals surface area contributed by atoms with Crippen LogP contribution in [0.15, 0.2) is 73.1 Å². The van der Waals surface area contributed by atoms with E-state index in [1.165, 1.54) is 5.69 Å². The van der Waals surface area contributed by atoms with Crippen LogP contribution >= 0.6 is 0 Å². The van der Waals surface area contributed by atoms with Gasteiger partial charge in [0.05, 0.1) is 7.11 Å². The number of aromatic amines is 1. The SMILES string of the molecule is COc1cc(C(=O)N2CCN(c3cc[nH+]cc3)CC2)ccc1OCc1ccccc1. The first-order valence-corrected chi connectivity index (χ1v) is 10.1. The Bertz CT molecular complexity index is 972. The summed E-state index contributed by atoms with van der Waals surface area (Å²) in [4.78, 5) is 20.2. The summed E-state index contributed by atoms with van der Waals surface area (Å²) >= 11 is 0. The second kappa shape index (κ2) is 9.31. The van der Waals surface area contributed by atoms with Crippen molar-refractivity contribution in [2.24, 2.45) is 0 Å². The van der Waals surface area contributed by atoms with E-state index in [0.717, 1.165) is 18.7 Å². The molecule has 30 heavy (non-hydrogen) atoms. The minimum Gasteiger partial charge on any atom is -0.493 e. The quantitative estimate of drug-likeness (QED) is 0.634. The van der Waals surface area contributed by atoms with Crippen LogP contribution in [0.2, 0.25) is 0 Å². The zero-order valence-corrected chi connectivity index (χ0v) is 17.1. The van der Waals surface area contributed by atoms with Crippen LogP contribution in [-0.4, -0.2) is 44.1 Å². The van der Waals surface area contributed by atoms with Crippen LogP contribution in [0.5, 0.6) is 11.5 Å². The van der Waals surface area contributed by atoms with Crippen molar-refractivity contribution < 1.29 is 19.3 Å². The number of hydrogen-bond donors (Lipinski definition) is 0. The Balaban J connectivity index is 1.39. The van der Waals surface area contributed by atoms with Crippen molar-refractivity contribution >= 4 is 11.6 Å². The molecule has 3 aromatic rings. The third-order valence-electron chi connectivity index (χ3n) is 5.28. The molecule has 0 unspecified atom stereocenters. The molecule has 6 nitrogen and oxygen atoms in total. The number of carbonyl (C=O) groups excluding carboxylic acids is 1. The van der Waals surface area contributed by atoms with Crippen LogP contribution in [0.1, 0.15) is 15.9 Å². The number of H-pyrrole nitrogens is 1. The minimum atomic E-state index is 0.0176. The van der Waals surface area contributed by atoms with E-state index < -0.39 is 0 Å². The number of benzene rings is 2. The van der Waals surface area contributed by atoms with E-state index in [2.05, 4.69) is 22.0 Å². The van der Waals surface area contributed by atoms with Gasteiger partial charge in [-0.15, -0.1) is 0 Å². The molecule has 2 heterocycles. The number of aromatic nitrogens is 1. The molecule has 154 valence electrons. The molecular weight excluding hydrogens is 378 g/mol. The van der Waals surface area contributed by atoms with Crippen LogP contribution in [0.25, 0.3) is 0 Å². The van der Waals surface area contributed by atoms with Gasteiger partial charge in [0.15, 0.2) is 23.9 Å². The summed E-state index contributed by atoms with van der Waals surface area (Å²) in [5.41, 5.74) is 2.86. The van der Waals surface area contributed by atoms with Crippen molar-refractivity contribution in [2.45, 2.75) is 6.61 Å². The van der Waals surface area contributed by atoms with Gasteiger partial charge in [-0.1, -0.05) is 30.3 Å². The van der Waals surface area contributed by atoms with Gasteiger partial charge in [0.2, 0.25) is 0 Å². The average molecular weight is 404 g/mol. The number of nitrogens with zero attached hydrogens (tertiary/aromatic N) is 2.